The predicted molar refractivity (Wildman–Crippen MR) is 110 cm³/mol. The Labute approximate surface area is 168 Å². The van der Waals surface area contributed by atoms with E-state index in [0.717, 1.165) is 48.8 Å². The summed E-state index contributed by atoms with van der Waals surface area (Å²) in [6.07, 6.45) is 1.69. The molecule has 0 saturated carbocycles. The molecule has 5 rings (SSSR count). The van der Waals surface area contributed by atoms with Crippen LogP contribution in [0.2, 0.25) is 0 Å². The fraction of sp³-hybridized carbons (Fsp3) is 0.190. The van der Waals surface area contributed by atoms with Gasteiger partial charge in [0.2, 0.25) is 0 Å². The molecule has 1 aliphatic rings. The highest BCUT2D eigenvalue weighted by molar-refractivity contribution is 7.92. The van der Waals surface area contributed by atoms with E-state index in [2.05, 4.69) is 14.2 Å². The van der Waals surface area contributed by atoms with Gasteiger partial charge < -0.3 is 8.98 Å². The molecule has 7 nitrogen and oxygen atoms in total. The van der Waals surface area contributed by atoms with E-state index >= 15 is 0 Å². The number of hydrogen-bond donors (Lipinski definition) is 1. The highest BCUT2D eigenvalue weighted by Gasteiger charge is 2.21. The third-order valence-corrected chi connectivity index (χ3v) is 6.49. The van der Waals surface area contributed by atoms with E-state index in [1.807, 2.05) is 18.2 Å². The van der Waals surface area contributed by atoms with Crippen molar-refractivity contribution in [3.05, 3.63) is 78.5 Å². The molecule has 0 bridgehead atoms. The number of benzene rings is 2. The Balaban J connectivity index is 1.39. The van der Waals surface area contributed by atoms with E-state index in [-0.39, 0.29) is 4.90 Å². The van der Waals surface area contributed by atoms with Gasteiger partial charge in [0.1, 0.15) is 11.6 Å². The summed E-state index contributed by atoms with van der Waals surface area (Å²) in [6.45, 7) is 3.21. The number of hydrogen-bond acceptors (Lipinski definition) is 5. The average molecular weight is 408 g/mol. The van der Waals surface area contributed by atoms with Crippen LogP contribution in [0.1, 0.15) is 11.6 Å². The molecule has 1 aliphatic heterocycles. The Bertz CT molecular complexity index is 1250. The molecule has 148 valence electrons. The lowest BCUT2D eigenvalue weighted by atomic mass is 10.2. The first-order valence-corrected chi connectivity index (χ1v) is 10.9. The largest absolute Gasteiger partial charge is 0.468 e. The minimum Gasteiger partial charge on any atom is -0.468 e. The van der Waals surface area contributed by atoms with Crippen LogP contribution in [-0.4, -0.2) is 29.4 Å². The van der Waals surface area contributed by atoms with E-state index in [4.69, 9.17) is 9.40 Å². The molecule has 1 N–H and O–H groups in total. The Kier molecular flexibility index (Phi) is 4.37. The van der Waals surface area contributed by atoms with Gasteiger partial charge >= 0.3 is 0 Å². The van der Waals surface area contributed by atoms with Crippen molar-refractivity contribution in [2.45, 2.75) is 24.5 Å². The second kappa shape index (κ2) is 7.06. The molecule has 0 amide bonds. The summed E-state index contributed by atoms with van der Waals surface area (Å²) in [6, 6.07) is 17.7. The molecule has 0 aliphatic carbocycles. The number of anilines is 1. The van der Waals surface area contributed by atoms with Gasteiger partial charge in [-0.3, -0.25) is 9.62 Å². The quantitative estimate of drug-likeness (QED) is 0.547. The highest BCUT2D eigenvalue weighted by Crippen LogP contribution is 2.25. The van der Waals surface area contributed by atoms with Gasteiger partial charge in [0.05, 0.1) is 41.0 Å². The van der Waals surface area contributed by atoms with Crippen molar-refractivity contribution >= 4 is 26.7 Å². The Morgan fingerprint density at radius 2 is 1.90 bits per heavy atom. The van der Waals surface area contributed by atoms with E-state index in [9.17, 15) is 8.42 Å². The highest BCUT2D eigenvalue weighted by atomic mass is 32.2. The van der Waals surface area contributed by atoms with Crippen molar-refractivity contribution in [3.63, 3.8) is 0 Å². The van der Waals surface area contributed by atoms with Crippen molar-refractivity contribution in [1.82, 2.24) is 14.5 Å². The zero-order valence-corrected chi connectivity index (χ0v) is 16.5. The lowest BCUT2D eigenvalue weighted by molar-refractivity contribution is 0.195. The molecule has 0 unspecified atom stereocenters. The van der Waals surface area contributed by atoms with Crippen molar-refractivity contribution in [2.75, 3.05) is 11.3 Å². The number of imidazole rings is 1. The summed E-state index contributed by atoms with van der Waals surface area (Å²) in [5, 5.41) is 0. The van der Waals surface area contributed by atoms with E-state index in [0.29, 0.717) is 5.69 Å². The number of rotatable bonds is 5. The third-order valence-electron chi connectivity index (χ3n) is 5.10. The van der Waals surface area contributed by atoms with Crippen LogP contribution in [0.3, 0.4) is 0 Å². The molecule has 0 atom stereocenters. The zero-order valence-electron chi connectivity index (χ0n) is 15.7. The van der Waals surface area contributed by atoms with Gasteiger partial charge in [-0.1, -0.05) is 18.2 Å². The summed E-state index contributed by atoms with van der Waals surface area (Å²) in [5.41, 5.74) is 2.30. The molecular formula is C21H20N4O3S. The maximum absolute atomic E-state index is 12.6. The average Bonchev–Trinajstić information content (AvgIpc) is 3.35. The van der Waals surface area contributed by atoms with E-state index in [1.165, 1.54) is 0 Å². The summed E-state index contributed by atoms with van der Waals surface area (Å²) >= 11 is 0. The maximum Gasteiger partial charge on any atom is 0.261 e. The van der Waals surface area contributed by atoms with Crippen LogP contribution < -0.4 is 4.72 Å². The lowest BCUT2D eigenvalue weighted by Crippen LogP contribution is -2.33. The van der Waals surface area contributed by atoms with Gasteiger partial charge in [0, 0.05) is 13.1 Å². The monoisotopic (exact) mass is 408 g/mol. The number of nitrogens with one attached hydrogen (secondary N) is 1. The smallest absolute Gasteiger partial charge is 0.261 e. The molecule has 3 heterocycles. The van der Waals surface area contributed by atoms with Gasteiger partial charge in [-0.25, -0.2) is 13.4 Å². The molecule has 4 aromatic rings. The number of fused-ring (bicyclic) bond motifs is 3. The molecule has 2 aromatic carbocycles. The summed E-state index contributed by atoms with van der Waals surface area (Å²) in [5.74, 6) is 1.91. The zero-order chi connectivity index (χ0) is 19.8. The maximum atomic E-state index is 12.6. The third kappa shape index (κ3) is 3.52. The summed E-state index contributed by atoms with van der Waals surface area (Å²) in [7, 11) is -3.63. The van der Waals surface area contributed by atoms with E-state index in [1.54, 1.807) is 48.7 Å². The van der Waals surface area contributed by atoms with Crippen LogP contribution in [0.4, 0.5) is 5.69 Å². The van der Waals surface area contributed by atoms with Crippen LogP contribution in [-0.2, 0) is 29.7 Å². The molecule has 0 radical (unpaired) electrons. The molecule has 29 heavy (non-hydrogen) atoms. The first-order valence-electron chi connectivity index (χ1n) is 9.40. The van der Waals surface area contributed by atoms with Crippen molar-refractivity contribution in [3.8, 4) is 0 Å². The molecule has 8 heteroatoms. The molecule has 0 fully saturated rings. The van der Waals surface area contributed by atoms with Crippen LogP contribution in [0, 0.1) is 0 Å². The second-order valence-electron chi connectivity index (χ2n) is 7.09. The number of nitrogens with zero attached hydrogens (tertiary/aromatic N) is 3. The Morgan fingerprint density at radius 3 is 2.69 bits per heavy atom. The second-order valence-corrected chi connectivity index (χ2v) is 8.77. The number of sulfonamides is 1. The SMILES string of the molecule is O=S(=O)(Nc1ccc2c(c1)nc1n2CCN(Cc2ccco2)C1)c1ccccc1. The van der Waals surface area contributed by atoms with Gasteiger partial charge in [-0.05, 0) is 42.5 Å². The van der Waals surface area contributed by atoms with Crippen LogP contribution in [0.15, 0.2) is 76.2 Å². The normalized spacial score (nSPS) is 14.8. The van der Waals surface area contributed by atoms with Crippen molar-refractivity contribution in [2.24, 2.45) is 0 Å². The molecule has 0 spiro atoms. The van der Waals surface area contributed by atoms with Crippen LogP contribution in [0.25, 0.3) is 11.0 Å². The molecular weight excluding hydrogens is 388 g/mol. The first-order chi connectivity index (χ1) is 14.1. The molecule has 2 aromatic heterocycles. The minimum absolute atomic E-state index is 0.234. The fourth-order valence-corrected chi connectivity index (χ4v) is 4.78. The lowest BCUT2D eigenvalue weighted by Gasteiger charge is -2.26. The summed E-state index contributed by atoms with van der Waals surface area (Å²) in [4.78, 5) is 7.28. The fourth-order valence-electron chi connectivity index (χ4n) is 3.71. The van der Waals surface area contributed by atoms with Crippen LogP contribution in [0.5, 0.6) is 0 Å². The van der Waals surface area contributed by atoms with Crippen molar-refractivity contribution < 1.29 is 12.8 Å². The van der Waals surface area contributed by atoms with Crippen LogP contribution >= 0.6 is 0 Å². The van der Waals surface area contributed by atoms with Gasteiger partial charge in [0.25, 0.3) is 10.0 Å². The summed E-state index contributed by atoms with van der Waals surface area (Å²) < 4.78 is 35.4. The predicted octanol–water partition coefficient (Wildman–Crippen LogP) is 3.45. The Hall–Kier alpha value is -3.10. The van der Waals surface area contributed by atoms with E-state index < -0.39 is 10.0 Å². The van der Waals surface area contributed by atoms with Crippen molar-refractivity contribution in [1.29, 1.82) is 0 Å². The Morgan fingerprint density at radius 1 is 1.03 bits per heavy atom. The van der Waals surface area contributed by atoms with Gasteiger partial charge in [-0.15, -0.1) is 0 Å². The van der Waals surface area contributed by atoms with Gasteiger partial charge in [0.15, 0.2) is 0 Å². The molecule has 0 saturated heterocycles. The minimum atomic E-state index is -3.63. The first kappa shape index (κ1) is 18.0. The topological polar surface area (TPSA) is 80.4 Å². The standard InChI is InChI=1S/C21H20N4O3S/c26-29(27,18-6-2-1-3-7-18)23-16-8-9-20-19(13-16)22-21-15-24(10-11-25(20)21)14-17-5-4-12-28-17/h1-9,12-13,23H,10-11,14-15H2. The number of furan rings is 1. The van der Waals surface area contributed by atoms with Gasteiger partial charge in [-0.2, -0.15) is 0 Å². The number of aromatic nitrogens is 2.